The van der Waals surface area contributed by atoms with Crippen molar-refractivity contribution in [2.24, 2.45) is 5.73 Å². The van der Waals surface area contributed by atoms with Gasteiger partial charge in [0.2, 0.25) is 11.8 Å². The zero-order valence-corrected chi connectivity index (χ0v) is 52.7. The van der Waals surface area contributed by atoms with Gasteiger partial charge in [-0.1, -0.05) is 168 Å². The van der Waals surface area contributed by atoms with Gasteiger partial charge in [0.15, 0.2) is 6.04 Å². The molecular formula is C60H113ClF4N4O18. The lowest BCUT2D eigenvalue weighted by molar-refractivity contribution is -0.411. The van der Waals surface area contributed by atoms with Crippen LogP contribution in [0.15, 0.2) is 0 Å². The van der Waals surface area contributed by atoms with Crippen LogP contribution >= 0.6 is 0 Å². The Morgan fingerprint density at radius 1 is 0.483 bits per heavy atom. The van der Waals surface area contributed by atoms with Crippen LogP contribution in [-0.4, -0.2) is 219 Å². The van der Waals surface area contributed by atoms with Crippen LogP contribution in [0.1, 0.15) is 232 Å². The standard InChI is InChI=1S/2C30H56F2N2O9.ClH/c2*1-2-3-4-5-6-7-8-9-10-11-12-13-14-18-24(36)34(19-16-15-17-22(33)28(40)41)21-29(31,32)30(42)27(39)26(38)25(37)23(20-35)43-30;/h2*22-23,25-27,35,37-39,42H,2-21,33H2,1H3,(H,40,41);1H/t2*22-,23+,25-,26-,27+,30+;/m00./s1. The van der Waals surface area contributed by atoms with Crippen molar-refractivity contribution in [2.45, 2.75) is 316 Å². The van der Waals surface area contributed by atoms with Crippen LogP contribution in [0, 0.1) is 0 Å². The van der Waals surface area contributed by atoms with E-state index in [0.717, 1.165) is 61.2 Å². The highest BCUT2D eigenvalue weighted by molar-refractivity contribution is 5.76. The van der Waals surface area contributed by atoms with Gasteiger partial charge in [-0.25, -0.2) is 4.79 Å². The molecule has 0 aromatic rings. The normalized spacial score (nSPS) is 24.8. The number of aliphatic carboxylic acids is 2. The minimum atomic E-state index is -4.32. The minimum Gasteiger partial charge on any atom is -1.00 e. The number of quaternary nitrogens is 1. The Bertz CT molecular complexity index is 1720. The highest BCUT2D eigenvalue weighted by Gasteiger charge is 2.67. The van der Waals surface area contributed by atoms with Gasteiger partial charge in [0.05, 0.1) is 26.3 Å². The quantitative estimate of drug-likeness (QED) is 0.0304. The highest BCUT2D eigenvalue weighted by Crippen LogP contribution is 2.42. The van der Waals surface area contributed by atoms with Crippen LogP contribution in [0.2, 0.25) is 0 Å². The Kier molecular flexibility index (Phi) is 44.2. The molecule has 2 fully saturated rings. The third-order valence-corrected chi connectivity index (χ3v) is 16.5. The Hall–Kier alpha value is -2.67. The van der Waals surface area contributed by atoms with Crippen molar-refractivity contribution in [1.82, 2.24) is 9.80 Å². The Labute approximate surface area is 519 Å². The van der Waals surface area contributed by atoms with E-state index in [0.29, 0.717) is 19.3 Å². The maximum atomic E-state index is 15.5. The number of amides is 2. The molecule has 22 nitrogen and oxygen atoms in total. The van der Waals surface area contributed by atoms with E-state index in [9.17, 15) is 70.2 Å². The van der Waals surface area contributed by atoms with Gasteiger partial charge in [-0.05, 0) is 44.9 Å². The summed E-state index contributed by atoms with van der Waals surface area (Å²) < 4.78 is 71.6. The number of halogens is 5. The second-order valence-electron chi connectivity index (χ2n) is 23.9. The molecule has 2 aliphatic rings. The summed E-state index contributed by atoms with van der Waals surface area (Å²) in [5.74, 6) is -19.5. The van der Waals surface area contributed by atoms with Crippen molar-refractivity contribution in [3.63, 3.8) is 0 Å². The summed E-state index contributed by atoms with van der Waals surface area (Å²) in [5, 5.41) is 118. The van der Waals surface area contributed by atoms with E-state index in [1.807, 2.05) is 0 Å². The average molecular weight is 1290 g/mol. The van der Waals surface area contributed by atoms with Gasteiger partial charge in [0, 0.05) is 32.4 Å². The molecule has 27 heteroatoms. The van der Waals surface area contributed by atoms with Gasteiger partial charge < -0.3 is 104 Å². The molecule has 0 unspecified atom stereocenters. The molecule has 2 amide bonds. The first-order valence-electron chi connectivity index (χ1n) is 32.1. The number of carbonyl (C=O) groups is 4. The van der Waals surface area contributed by atoms with Crippen molar-refractivity contribution in [3.05, 3.63) is 0 Å². The molecular weight excluding hydrogens is 1180 g/mol. The molecule has 0 bridgehead atoms. The smallest absolute Gasteiger partial charge is 0.362 e. The molecule has 0 radical (unpaired) electrons. The SMILES string of the molecule is CCCCCCCCCCCCCCCC(=O)N(CCCC[C@H](N)C(=O)O)CC(F)(F)[C@]1(O)O[C@H](CO)[C@H](O)[C@H](O)[C@H]1O.CCCCCCCCCCCCCCCC(=O)N(CCCC[C@H]([NH3+])C(=O)O)CC(F)(F)[C@]1(O)O[C@H](CO)[C@H](O)[C@H](O)[C@H]1O.[Cl-]. The lowest BCUT2D eigenvalue weighted by Crippen LogP contribution is -3.00. The lowest BCUT2D eigenvalue weighted by Gasteiger charge is -2.48. The first kappa shape index (κ1) is 84.3. The van der Waals surface area contributed by atoms with Crippen LogP contribution in [0.25, 0.3) is 0 Å². The zero-order chi connectivity index (χ0) is 64.9. The Balaban J connectivity index is 0.00000168. The van der Waals surface area contributed by atoms with Crippen LogP contribution in [-0.2, 0) is 28.7 Å². The molecule has 516 valence electrons. The number of carboxylic acid groups (broad SMARTS) is 2. The van der Waals surface area contributed by atoms with E-state index < -0.39 is 134 Å². The number of aliphatic hydroxyl groups is 10. The second-order valence-corrected chi connectivity index (χ2v) is 23.9. The molecule has 17 N–H and O–H groups in total. The number of aliphatic hydroxyl groups excluding tert-OH is 8. The Morgan fingerprint density at radius 2 is 0.770 bits per heavy atom. The third-order valence-electron chi connectivity index (χ3n) is 16.5. The molecule has 0 aromatic heterocycles. The summed E-state index contributed by atoms with van der Waals surface area (Å²) in [7, 11) is 0. The first-order chi connectivity index (χ1) is 40.6. The largest absolute Gasteiger partial charge is 1.00 e. The van der Waals surface area contributed by atoms with E-state index in [-0.39, 0.29) is 70.4 Å². The summed E-state index contributed by atoms with van der Waals surface area (Å²) in [5.41, 5.74) is 9.01. The summed E-state index contributed by atoms with van der Waals surface area (Å²) in [4.78, 5) is 49.7. The molecule has 2 saturated heterocycles. The predicted molar refractivity (Wildman–Crippen MR) is 311 cm³/mol. The highest BCUT2D eigenvalue weighted by atomic mass is 35.5. The van der Waals surface area contributed by atoms with E-state index in [2.05, 4.69) is 19.6 Å². The van der Waals surface area contributed by atoms with Gasteiger partial charge in [-0.15, -0.1) is 0 Å². The summed E-state index contributed by atoms with van der Waals surface area (Å²) in [6.07, 6.45) is 12.6. The molecule has 87 heavy (non-hydrogen) atoms. The molecule has 0 aliphatic carbocycles. The number of nitrogens with two attached hydrogens (primary N) is 1. The van der Waals surface area contributed by atoms with E-state index >= 15 is 17.6 Å². The third kappa shape index (κ3) is 30.1. The van der Waals surface area contributed by atoms with Crippen molar-refractivity contribution in [1.29, 1.82) is 0 Å². The van der Waals surface area contributed by atoms with E-state index in [1.165, 1.54) is 103 Å². The van der Waals surface area contributed by atoms with Gasteiger partial charge in [0.25, 0.3) is 11.6 Å². The first-order valence-corrected chi connectivity index (χ1v) is 32.1. The van der Waals surface area contributed by atoms with Crippen molar-refractivity contribution in [2.75, 3.05) is 39.4 Å². The fourth-order valence-corrected chi connectivity index (χ4v) is 10.7. The fourth-order valence-electron chi connectivity index (χ4n) is 10.7. The van der Waals surface area contributed by atoms with E-state index in [4.69, 9.17) is 25.4 Å². The van der Waals surface area contributed by atoms with Crippen LogP contribution < -0.4 is 23.9 Å². The van der Waals surface area contributed by atoms with Gasteiger partial charge in [-0.3, -0.25) is 14.4 Å². The van der Waals surface area contributed by atoms with Gasteiger partial charge in [-0.2, -0.15) is 17.6 Å². The van der Waals surface area contributed by atoms with Crippen molar-refractivity contribution in [3.8, 4) is 0 Å². The molecule has 12 atom stereocenters. The number of carbonyl (C=O) groups excluding carboxylic acids is 2. The lowest BCUT2D eigenvalue weighted by atomic mass is 9.88. The maximum Gasteiger partial charge on any atom is 0.362 e. The minimum absolute atomic E-state index is 0. The number of rotatable bonds is 48. The van der Waals surface area contributed by atoms with Crippen LogP contribution in [0.4, 0.5) is 17.6 Å². The van der Waals surface area contributed by atoms with Crippen molar-refractivity contribution >= 4 is 23.8 Å². The molecule has 2 aliphatic heterocycles. The number of nitrogens with zero attached hydrogens (tertiary/aromatic N) is 2. The number of unbranched alkanes of at least 4 members (excludes halogenated alkanes) is 26. The van der Waals surface area contributed by atoms with Crippen molar-refractivity contribution < 1.29 is 126 Å². The zero-order valence-electron chi connectivity index (χ0n) is 51.9. The maximum absolute atomic E-state index is 15.5. The number of ether oxygens (including phenoxy) is 2. The second kappa shape index (κ2) is 45.6. The van der Waals surface area contributed by atoms with E-state index in [1.54, 1.807) is 0 Å². The predicted octanol–water partition coefficient (Wildman–Crippen LogP) is 1.64. The summed E-state index contributed by atoms with van der Waals surface area (Å²) in [6, 6.07) is -2.02. The number of hydrogen-bond donors (Lipinski definition) is 14. The van der Waals surface area contributed by atoms with Gasteiger partial charge in [0.1, 0.15) is 54.9 Å². The Morgan fingerprint density at radius 3 is 1.05 bits per heavy atom. The van der Waals surface area contributed by atoms with Gasteiger partial charge >= 0.3 is 23.8 Å². The number of alkyl halides is 4. The topological polar surface area (TPSA) is 390 Å². The fraction of sp³-hybridized carbons (Fsp3) is 0.933. The average Bonchev–Trinajstić information content (AvgIpc) is 1.21. The molecule has 0 aromatic carbocycles. The molecule has 0 saturated carbocycles. The number of carboxylic acids is 2. The number of hydrogen-bond acceptors (Lipinski definition) is 17. The summed E-state index contributed by atoms with van der Waals surface area (Å²) >= 11 is 0. The molecule has 0 spiro atoms. The van der Waals surface area contributed by atoms with Crippen LogP contribution in [0.3, 0.4) is 0 Å². The molecule has 2 heterocycles. The monoisotopic (exact) mass is 1290 g/mol. The summed E-state index contributed by atoms with van der Waals surface area (Å²) in [6.45, 7) is -0.714. The van der Waals surface area contributed by atoms with Crippen LogP contribution in [0.5, 0.6) is 0 Å². The molecule has 2 rings (SSSR count).